The lowest BCUT2D eigenvalue weighted by Crippen LogP contribution is -2.36. The third-order valence-corrected chi connectivity index (χ3v) is 6.19. The molecule has 0 radical (unpaired) electrons. The first-order valence-corrected chi connectivity index (χ1v) is 12.4. The Hall–Kier alpha value is -2.78. The first kappa shape index (κ1) is 26.3. The van der Waals surface area contributed by atoms with Crippen molar-refractivity contribution in [3.63, 3.8) is 0 Å². The van der Waals surface area contributed by atoms with Crippen molar-refractivity contribution in [3.05, 3.63) is 71.8 Å². The highest BCUT2D eigenvalue weighted by atomic mass is 16.7. The number of esters is 2. The van der Waals surface area contributed by atoms with Crippen molar-refractivity contribution < 1.29 is 38.0 Å². The van der Waals surface area contributed by atoms with E-state index in [0.29, 0.717) is 13.2 Å². The fraction of sp³-hybridized carbons (Fsp3) is 0.500. The molecule has 0 unspecified atom stereocenters. The van der Waals surface area contributed by atoms with Crippen LogP contribution in [0.15, 0.2) is 60.7 Å². The summed E-state index contributed by atoms with van der Waals surface area (Å²) in [5.74, 6) is -0.753. The molecule has 36 heavy (non-hydrogen) atoms. The molecule has 0 aliphatic carbocycles. The summed E-state index contributed by atoms with van der Waals surface area (Å²) >= 11 is 0. The van der Waals surface area contributed by atoms with Crippen LogP contribution in [0.1, 0.15) is 37.8 Å². The average Bonchev–Trinajstić information content (AvgIpc) is 3.46. The molecule has 2 aromatic carbocycles. The van der Waals surface area contributed by atoms with Gasteiger partial charge in [-0.3, -0.25) is 9.59 Å². The van der Waals surface area contributed by atoms with Crippen LogP contribution in [0.2, 0.25) is 0 Å². The minimum absolute atomic E-state index is 0.125. The molecule has 2 aliphatic rings. The highest BCUT2D eigenvalue weighted by Gasteiger charge is 2.51. The van der Waals surface area contributed by atoms with Crippen molar-refractivity contribution in [1.82, 2.24) is 0 Å². The summed E-state index contributed by atoms with van der Waals surface area (Å²) in [7, 11) is 0. The Bertz CT molecular complexity index is 887. The van der Waals surface area contributed by atoms with Crippen molar-refractivity contribution >= 4 is 11.9 Å². The van der Waals surface area contributed by atoms with Crippen molar-refractivity contribution in [2.75, 3.05) is 13.2 Å². The summed E-state index contributed by atoms with van der Waals surface area (Å²) in [5, 5.41) is 0. The van der Waals surface area contributed by atoms with Gasteiger partial charge >= 0.3 is 11.9 Å². The number of carbonyl (C=O) groups is 2. The number of benzene rings is 2. The third-order valence-electron chi connectivity index (χ3n) is 6.19. The van der Waals surface area contributed by atoms with E-state index in [1.165, 1.54) is 0 Å². The Morgan fingerprint density at radius 3 is 1.50 bits per heavy atom. The molecule has 194 valence electrons. The zero-order valence-corrected chi connectivity index (χ0v) is 20.7. The second-order valence-corrected chi connectivity index (χ2v) is 9.28. The van der Waals surface area contributed by atoms with Gasteiger partial charge < -0.3 is 28.4 Å². The molecule has 0 spiro atoms. The molecule has 2 saturated heterocycles. The minimum atomic E-state index is -0.541. The summed E-state index contributed by atoms with van der Waals surface area (Å²) < 4.78 is 34.3. The third kappa shape index (κ3) is 7.61. The smallest absolute Gasteiger partial charge is 0.308 e. The zero-order valence-electron chi connectivity index (χ0n) is 20.7. The molecule has 8 nitrogen and oxygen atoms in total. The number of ether oxygens (including phenoxy) is 6. The van der Waals surface area contributed by atoms with Gasteiger partial charge in [-0.1, -0.05) is 60.7 Å². The summed E-state index contributed by atoms with van der Waals surface area (Å²) in [6.07, 6.45) is -2.33. The molecule has 0 amide bonds. The van der Waals surface area contributed by atoms with Crippen molar-refractivity contribution in [3.8, 4) is 0 Å². The normalized spacial score (nSPS) is 24.6. The summed E-state index contributed by atoms with van der Waals surface area (Å²) in [6, 6.07) is 19.6. The van der Waals surface area contributed by atoms with Gasteiger partial charge in [0.2, 0.25) is 0 Å². The Kier molecular flexibility index (Phi) is 9.47. The van der Waals surface area contributed by atoms with E-state index in [0.717, 1.165) is 11.1 Å². The number of hydrogen-bond acceptors (Lipinski definition) is 8. The molecule has 2 aliphatic heterocycles. The van der Waals surface area contributed by atoms with E-state index in [-0.39, 0.29) is 50.2 Å². The standard InChI is InChI=1S/C28H34O8/c1-19(31-15-21-9-5-3-6-10-21)13-25(29)35-23-17-33-28-24(18-34-27(23)28)36-26(30)14-20(2)32-16-22-11-7-4-8-12-22/h3-12,19-20,23-24,27-28H,13-18H2,1-2H3/t19-,20-,23-,24+,27-,28-/m1/s1. The highest BCUT2D eigenvalue weighted by molar-refractivity contribution is 5.70. The maximum Gasteiger partial charge on any atom is 0.308 e. The number of fused-ring (bicyclic) bond motifs is 1. The van der Waals surface area contributed by atoms with Crippen LogP contribution in [0.3, 0.4) is 0 Å². The summed E-state index contributed by atoms with van der Waals surface area (Å²) in [5.41, 5.74) is 2.09. The number of carbonyl (C=O) groups excluding carboxylic acids is 2. The first-order chi connectivity index (χ1) is 17.5. The van der Waals surface area contributed by atoms with Gasteiger partial charge in [0, 0.05) is 0 Å². The van der Waals surface area contributed by atoms with E-state index in [2.05, 4.69) is 0 Å². The van der Waals surface area contributed by atoms with Crippen LogP contribution >= 0.6 is 0 Å². The van der Waals surface area contributed by atoms with E-state index in [1.807, 2.05) is 74.5 Å². The molecule has 4 rings (SSSR count). The maximum absolute atomic E-state index is 12.4. The molecule has 0 N–H and O–H groups in total. The molecule has 2 fully saturated rings. The summed E-state index contributed by atoms with van der Waals surface area (Å²) in [6.45, 7) is 4.93. The van der Waals surface area contributed by atoms with Gasteiger partial charge in [-0.2, -0.15) is 0 Å². The SMILES string of the molecule is C[C@H](CC(=O)O[C@H]1CO[C@H]2[C@@H]1OC[C@H]2OC(=O)C[C@@H](C)OCc1ccccc1)OCc1ccccc1. The van der Waals surface area contributed by atoms with Gasteiger partial charge in [0.15, 0.2) is 12.2 Å². The minimum Gasteiger partial charge on any atom is -0.457 e. The van der Waals surface area contributed by atoms with Crippen LogP contribution in [0.25, 0.3) is 0 Å². The van der Waals surface area contributed by atoms with Gasteiger partial charge in [0.1, 0.15) is 12.2 Å². The van der Waals surface area contributed by atoms with E-state index < -0.39 is 24.4 Å². The van der Waals surface area contributed by atoms with Crippen LogP contribution in [-0.4, -0.2) is 61.8 Å². The van der Waals surface area contributed by atoms with Gasteiger partial charge in [-0.15, -0.1) is 0 Å². The van der Waals surface area contributed by atoms with Crippen LogP contribution < -0.4 is 0 Å². The topological polar surface area (TPSA) is 89.5 Å². The Morgan fingerprint density at radius 2 is 1.11 bits per heavy atom. The highest BCUT2D eigenvalue weighted by Crippen LogP contribution is 2.31. The van der Waals surface area contributed by atoms with Crippen LogP contribution in [0, 0.1) is 0 Å². The first-order valence-electron chi connectivity index (χ1n) is 12.4. The lowest BCUT2D eigenvalue weighted by molar-refractivity contribution is -0.158. The average molecular weight is 499 g/mol. The summed E-state index contributed by atoms with van der Waals surface area (Å²) in [4.78, 5) is 24.9. The molecule has 0 saturated carbocycles. The zero-order chi connectivity index (χ0) is 25.3. The Labute approximate surface area is 211 Å². The molecular weight excluding hydrogens is 464 g/mol. The van der Waals surface area contributed by atoms with Gasteiger partial charge in [0.25, 0.3) is 0 Å². The molecular formula is C28H34O8. The van der Waals surface area contributed by atoms with Crippen molar-refractivity contribution in [1.29, 1.82) is 0 Å². The molecule has 0 aromatic heterocycles. The van der Waals surface area contributed by atoms with Gasteiger partial charge in [-0.05, 0) is 25.0 Å². The van der Waals surface area contributed by atoms with Crippen molar-refractivity contribution in [2.45, 2.75) is 76.5 Å². The lowest BCUT2D eigenvalue weighted by atomic mass is 10.1. The van der Waals surface area contributed by atoms with Gasteiger partial charge in [0.05, 0.1) is 51.5 Å². The molecule has 8 heteroatoms. The largest absolute Gasteiger partial charge is 0.457 e. The molecule has 6 atom stereocenters. The second kappa shape index (κ2) is 13.0. The molecule has 0 bridgehead atoms. The predicted molar refractivity (Wildman–Crippen MR) is 130 cm³/mol. The maximum atomic E-state index is 12.4. The van der Waals surface area contributed by atoms with E-state index in [1.54, 1.807) is 0 Å². The second-order valence-electron chi connectivity index (χ2n) is 9.28. The molecule has 2 aromatic rings. The fourth-order valence-corrected chi connectivity index (χ4v) is 4.28. The predicted octanol–water partition coefficient (Wildman–Crippen LogP) is 3.60. The van der Waals surface area contributed by atoms with Crippen molar-refractivity contribution in [2.24, 2.45) is 0 Å². The molecule has 2 heterocycles. The van der Waals surface area contributed by atoms with Crippen LogP contribution in [0.4, 0.5) is 0 Å². The van der Waals surface area contributed by atoms with E-state index in [4.69, 9.17) is 28.4 Å². The lowest BCUT2D eigenvalue weighted by Gasteiger charge is -2.19. The quantitative estimate of drug-likeness (QED) is 0.410. The fourth-order valence-electron chi connectivity index (χ4n) is 4.28. The Balaban J connectivity index is 1.15. The monoisotopic (exact) mass is 498 g/mol. The van der Waals surface area contributed by atoms with Crippen LogP contribution in [-0.2, 0) is 51.2 Å². The number of hydrogen-bond donors (Lipinski definition) is 0. The van der Waals surface area contributed by atoms with E-state index >= 15 is 0 Å². The van der Waals surface area contributed by atoms with Crippen LogP contribution in [0.5, 0.6) is 0 Å². The number of rotatable bonds is 12. The Morgan fingerprint density at radius 1 is 0.722 bits per heavy atom. The van der Waals surface area contributed by atoms with E-state index in [9.17, 15) is 9.59 Å². The van der Waals surface area contributed by atoms with Gasteiger partial charge in [-0.25, -0.2) is 0 Å².